The molecule has 0 saturated heterocycles. The second kappa shape index (κ2) is 7.80. The fourth-order valence-corrected chi connectivity index (χ4v) is 1.45. The number of rotatable bonds is 10. The molecule has 0 unspecified atom stereocenters. The Morgan fingerprint density at radius 3 is 2.06 bits per heavy atom. The first-order valence-corrected chi connectivity index (χ1v) is 6.24. The largest absolute Gasteiger partial charge is 0.375 e. The fraction of sp³-hybridized carbons (Fsp3) is 0.923. The highest BCUT2D eigenvalue weighted by molar-refractivity contribution is 5.49. The summed E-state index contributed by atoms with van der Waals surface area (Å²) in [5.41, 5.74) is 5.09. The van der Waals surface area contributed by atoms with E-state index in [0.29, 0.717) is 26.2 Å². The molecule has 0 rings (SSSR count). The third kappa shape index (κ3) is 9.27. The molecule has 17 heavy (non-hydrogen) atoms. The summed E-state index contributed by atoms with van der Waals surface area (Å²) in [6.07, 6.45) is 2.97. The molecule has 0 aliphatic rings. The molecule has 0 saturated carbocycles. The molecule has 0 amide bonds. The Balaban J connectivity index is 3.81. The summed E-state index contributed by atoms with van der Waals surface area (Å²) in [4.78, 5) is 10.2. The molecule has 0 radical (unpaired) electrons. The topological polar surface area (TPSA) is 61.6 Å². The predicted octanol–water partition coefficient (Wildman–Crippen LogP) is 1.90. The summed E-state index contributed by atoms with van der Waals surface area (Å²) < 4.78 is 11.4. The SMILES string of the molecule is CC(C)(CCN)OCCC(C)(C)OCCC=O. The Bertz CT molecular complexity index is 215. The average molecular weight is 245 g/mol. The molecule has 0 atom stereocenters. The van der Waals surface area contributed by atoms with E-state index in [-0.39, 0.29) is 11.2 Å². The molecule has 0 aromatic heterocycles. The van der Waals surface area contributed by atoms with Crippen LogP contribution in [-0.4, -0.2) is 37.2 Å². The molecule has 0 aromatic carbocycles. The fourth-order valence-electron chi connectivity index (χ4n) is 1.45. The Morgan fingerprint density at radius 2 is 1.53 bits per heavy atom. The van der Waals surface area contributed by atoms with E-state index < -0.39 is 0 Å². The van der Waals surface area contributed by atoms with Gasteiger partial charge in [0.25, 0.3) is 0 Å². The third-order valence-corrected chi connectivity index (χ3v) is 2.67. The second-order valence-electron chi connectivity index (χ2n) is 5.46. The molecule has 0 bridgehead atoms. The van der Waals surface area contributed by atoms with Crippen LogP contribution in [0, 0.1) is 0 Å². The Hall–Kier alpha value is -0.450. The molecule has 0 spiro atoms. The summed E-state index contributed by atoms with van der Waals surface area (Å²) in [6, 6.07) is 0. The first-order valence-electron chi connectivity index (χ1n) is 6.24. The van der Waals surface area contributed by atoms with Crippen LogP contribution in [0.5, 0.6) is 0 Å². The third-order valence-electron chi connectivity index (χ3n) is 2.67. The van der Waals surface area contributed by atoms with Gasteiger partial charge in [0.1, 0.15) is 6.29 Å². The van der Waals surface area contributed by atoms with E-state index in [1.54, 1.807) is 0 Å². The van der Waals surface area contributed by atoms with Gasteiger partial charge in [0.15, 0.2) is 0 Å². The van der Waals surface area contributed by atoms with Gasteiger partial charge in [-0.1, -0.05) is 0 Å². The maximum atomic E-state index is 10.2. The zero-order valence-corrected chi connectivity index (χ0v) is 11.6. The van der Waals surface area contributed by atoms with Crippen LogP contribution in [0.15, 0.2) is 0 Å². The number of aldehydes is 1. The highest BCUT2D eigenvalue weighted by atomic mass is 16.5. The molecule has 0 fully saturated rings. The first-order chi connectivity index (χ1) is 7.83. The van der Waals surface area contributed by atoms with Gasteiger partial charge in [-0.2, -0.15) is 0 Å². The first kappa shape index (κ1) is 16.6. The predicted molar refractivity (Wildman–Crippen MR) is 69.0 cm³/mol. The van der Waals surface area contributed by atoms with Crippen LogP contribution < -0.4 is 5.73 Å². The average Bonchev–Trinajstić information content (AvgIpc) is 2.16. The van der Waals surface area contributed by atoms with Crippen LogP contribution in [-0.2, 0) is 14.3 Å². The van der Waals surface area contributed by atoms with Gasteiger partial charge in [0, 0.05) is 6.42 Å². The minimum absolute atomic E-state index is 0.173. The van der Waals surface area contributed by atoms with E-state index in [1.165, 1.54) is 0 Å². The molecule has 0 heterocycles. The second-order valence-corrected chi connectivity index (χ2v) is 5.46. The van der Waals surface area contributed by atoms with Gasteiger partial charge in [-0.3, -0.25) is 0 Å². The van der Waals surface area contributed by atoms with Crippen molar-refractivity contribution in [3.05, 3.63) is 0 Å². The number of carbonyl (C=O) groups excluding carboxylic acids is 1. The van der Waals surface area contributed by atoms with Crippen molar-refractivity contribution in [2.75, 3.05) is 19.8 Å². The lowest BCUT2D eigenvalue weighted by atomic mass is 10.0. The molecule has 2 N–H and O–H groups in total. The summed E-state index contributed by atoms with van der Waals surface area (Å²) in [6.45, 7) is 9.85. The normalized spacial score (nSPS) is 12.8. The van der Waals surface area contributed by atoms with E-state index in [1.807, 2.05) is 27.7 Å². The van der Waals surface area contributed by atoms with E-state index in [4.69, 9.17) is 15.2 Å². The number of ether oxygens (including phenoxy) is 2. The maximum Gasteiger partial charge on any atom is 0.122 e. The van der Waals surface area contributed by atoms with Crippen molar-refractivity contribution >= 4 is 6.29 Å². The summed E-state index contributed by atoms with van der Waals surface area (Å²) >= 11 is 0. The number of carbonyl (C=O) groups is 1. The maximum absolute atomic E-state index is 10.2. The molecular weight excluding hydrogens is 218 g/mol. The van der Waals surface area contributed by atoms with E-state index in [2.05, 4.69) is 0 Å². The monoisotopic (exact) mass is 245 g/mol. The zero-order valence-electron chi connectivity index (χ0n) is 11.6. The molecule has 0 aliphatic carbocycles. The molecule has 4 nitrogen and oxygen atoms in total. The number of hydrogen-bond acceptors (Lipinski definition) is 4. The van der Waals surface area contributed by atoms with Gasteiger partial charge < -0.3 is 20.0 Å². The minimum Gasteiger partial charge on any atom is -0.375 e. The highest BCUT2D eigenvalue weighted by Crippen LogP contribution is 2.19. The Morgan fingerprint density at radius 1 is 1.00 bits per heavy atom. The van der Waals surface area contributed by atoms with Gasteiger partial charge in [-0.25, -0.2) is 0 Å². The lowest BCUT2D eigenvalue weighted by Gasteiger charge is -2.29. The smallest absolute Gasteiger partial charge is 0.122 e. The number of nitrogens with two attached hydrogens (primary N) is 1. The van der Waals surface area contributed by atoms with Crippen LogP contribution in [0.1, 0.15) is 47.0 Å². The van der Waals surface area contributed by atoms with E-state index >= 15 is 0 Å². The van der Waals surface area contributed by atoms with E-state index in [0.717, 1.165) is 19.1 Å². The van der Waals surface area contributed by atoms with Gasteiger partial charge in [0.05, 0.1) is 24.4 Å². The van der Waals surface area contributed by atoms with Crippen molar-refractivity contribution < 1.29 is 14.3 Å². The van der Waals surface area contributed by atoms with E-state index in [9.17, 15) is 4.79 Å². The van der Waals surface area contributed by atoms with Crippen molar-refractivity contribution in [3.8, 4) is 0 Å². The van der Waals surface area contributed by atoms with Crippen molar-refractivity contribution in [1.29, 1.82) is 0 Å². The Kier molecular flexibility index (Phi) is 7.59. The van der Waals surface area contributed by atoms with Crippen molar-refractivity contribution in [1.82, 2.24) is 0 Å². The van der Waals surface area contributed by atoms with Gasteiger partial charge in [-0.15, -0.1) is 0 Å². The molecule has 4 heteroatoms. The van der Waals surface area contributed by atoms with Gasteiger partial charge in [0.2, 0.25) is 0 Å². The molecular formula is C13H27NO3. The lowest BCUT2D eigenvalue weighted by molar-refractivity contribution is -0.111. The van der Waals surface area contributed by atoms with Crippen molar-refractivity contribution in [3.63, 3.8) is 0 Å². The van der Waals surface area contributed by atoms with Crippen LogP contribution in [0.4, 0.5) is 0 Å². The quantitative estimate of drug-likeness (QED) is 0.472. The molecule has 0 aliphatic heterocycles. The van der Waals surface area contributed by atoms with Gasteiger partial charge >= 0.3 is 0 Å². The summed E-state index contributed by atoms with van der Waals surface area (Å²) in [7, 11) is 0. The minimum atomic E-state index is -0.248. The van der Waals surface area contributed by atoms with Gasteiger partial charge in [-0.05, 0) is 47.1 Å². The van der Waals surface area contributed by atoms with Crippen LogP contribution in [0.25, 0.3) is 0 Å². The number of hydrogen-bond donors (Lipinski definition) is 1. The summed E-state index contributed by atoms with van der Waals surface area (Å²) in [5, 5.41) is 0. The molecule has 0 aromatic rings. The standard InChI is InChI=1S/C13H27NO3/c1-12(2,6-8-14)17-11-7-13(3,4)16-10-5-9-15/h9H,5-8,10-11,14H2,1-4H3. The zero-order chi connectivity index (χ0) is 13.4. The van der Waals surface area contributed by atoms with Crippen LogP contribution >= 0.6 is 0 Å². The Labute approximate surface area is 105 Å². The lowest BCUT2D eigenvalue weighted by Crippen LogP contribution is -2.32. The van der Waals surface area contributed by atoms with Crippen LogP contribution in [0.2, 0.25) is 0 Å². The van der Waals surface area contributed by atoms with Crippen LogP contribution in [0.3, 0.4) is 0 Å². The molecule has 102 valence electrons. The highest BCUT2D eigenvalue weighted by Gasteiger charge is 2.21. The van der Waals surface area contributed by atoms with Crippen molar-refractivity contribution in [2.45, 2.75) is 58.2 Å². The summed E-state index contributed by atoms with van der Waals surface area (Å²) in [5.74, 6) is 0. The van der Waals surface area contributed by atoms with Crippen molar-refractivity contribution in [2.24, 2.45) is 5.73 Å².